The van der Waals surface area contributed by atoms with Crippen molar-refractivity contribution in [1.29, 1.82) is 0 Å². The Bertz CT molecular complexity index is 8650. The molecule has 0 heteroatoms. The largest absolute Gasteiger partial charge is 0.0795 e. The molecular formula is C147H104. The van der Waals surface area contributed by atoms with Gasteiger partial charge < -0.3 is 0 Å². The van der Waals surface area contributed by atoms with E-state index in [0.29, 0.717) is 17.8 Å². The van der Waals surface area contributed by atoms with E-state index in [2.05, 4.69) is 528 Å². The van der Waals surface area contributed by atoms with Crippen LogP contribution in [-0.2, 0) is 5.41 Å². The second-order valence-corrected chi connectivity index (χ2v) is 41.8. The van der Waals surface area contributed by atoms with E-state index in [1.807, 2.05) is 0 Å². The predicted molar refractivity (Wildman–Crippen MR) is 612 cm³/mol. The lowest BCUT2D eigenvalue weighted by molar-refractivity contribution is 0.466. The molecule has 31 rings (SSSR count). The molecule has 1 spiro atoms. The molecule has 22 aromatic rings. The van der Waals surface area contributed by atoms with Gasteiger partial charge in [-0.3, -0.25) is 0 Å². The molecule has 0 nitrogen and oxygen atoms in total. The molecule has 692 valence electrons. The summed E-state index contributed by atoms with van der Waals surface area (Å²) in [6.45, 7) is 0. The monoisotopic (exact) mass is 1870 g/mol. The van der Waals surface area contributed by atoms with Crippen molar-refractivity contribution in [3.8, 4) is 134 Å². The van der Waals surface area contributed by atoms with E-state index in [1.54, 1.807) is 11.1 Å². The van der Waals surface area contributed by atoms with E-state index >= 15 is 0 Å². The Morgan fingerprint density at radius 3 is 0.837 bits per heavy atom. The van der Waals surface area contributed by atoms with Crippen LogP contribution in [0.5, 0.6) is 0 Å². The highest BCUT2D eigenvalue weighted by molar-refractivity contribution is 6.02. The first-order valence-corrected chi connectivity index (χ1v) is 52.8. The van der Waals surface area contributed by atoms with Crippen molar-refractivity contribution in [3.63, 3.8) is 0 Å². The van der Waals surface area contributed by atoms with Crippen LogP contribution in [-0.4, -0.2) is 0 Å². The SMILES string of the molecule is C1=CC(C2c3ccccc3-c3ccccc32)CC2=C1c1ccc(C3c4ccccc4-c4ccccc43)cc1C21CCCC1.c1ccc(-c2cc(-c3ccc(C4c5ccccc5-c5ccccc54)cc3)cc(-c3ccc(C4c5ccccc5-c5ccccc54)cc3)c2)cc1.c1ccc2c(c1)-c1ccccc1C2c1ccc(-c2ccc(-c3ccc(C4c5ccccc5-c5ccccc54)cc3)c(-c3cccc4ccccc34)c2)cc1. The maximum absolute atomic E-state index is 2.64. The van der Waals surface area contributed by atoms with Gasteiger partial charge in [-0.15, -0.1) is 0 Å². The zero-order valence-corrected chi connectivity index (χ0v) is 81.8. The molecule has 9 aliphatic carbocycles. The minimum atomic E-state index is 0.193. The molecular weight excluding hydrogens is 1770 g/mol. The number of allylic oxidation sites excluding steroid dienone is 4. The highest BCUT2D eigenvalue weighted by Gasteiger charge is 2.50. The van der Waals surface area contributed by atoms with Gasteiger partial charge in [-0.2, -0.15) is 0 Å². The standard InChI is InChI=1S/C54H36.C50H34.C43H34/c1-2-14-41-36(12-1)13-11-23-43(41)52-34-40(35-24-28-38(29-25-35)53-48-19-7-3-15-44(48)45-16-4-8-20-49(45)53)32-33-42(52)37-26-30-39(31-27-37)54-50-21-9-5-17-46(50)47-18-6-10-22-51(47)54;1-2-12-33(13-3-1)38-30-39(34-22-26-36(27-23-34)49-45-18-8-4-14-41(45)42-15-5-9-19-46(42)49)32-40(31-38)35-24-28-37(29-25-35)50-47-20-10-6-16-43(47)44-17-7-11-21-48(44)50;1-5-15-35-29(11-1)30-12-2-6-16-36(30)41(35)27-19-21-33-34-22-20-28(26-40(34)43(39(33)25-27)23-9-10-24-43)42-37-17-7-3-13-31(37)32-14-4-8-18-38(32)42/h1-34,53-54H;1-32,49-50H;1-8,11-22,25,28,41-42H,9-10,23-24,26H2. The van der Waals surface area contributed by atoms with Crippen LogP contribution in [0, 0.1) is 5.92 Å². The van der Waals surface area contributed by atoms with Crippen LogP contribution in [0.2, 0.25) is 0 Å². The van der Waals surface area contributed by atoms with Gasteiger partial charge in [-0.1, -0.05) is 522 Å². The van der Waals surface area contributed by atoms with E-state index in [4.69, 9.17) is 0 Å². The van der Waals surface area contributed by atoms with Crippen molar-refractivity contribution < 1.29 is 0 Å². The Morgan fingerprint density at radius 1 is 0.177 bits per heavy atom. The molecule has 1 atom stereocenters. The van der Waals surface area contributed by atoms with Gasteiger partial charge >= 0.3 is 0 Å². The van der Waals surface area contributed by atoms with Gasteiger partial charge in [0.15, 0.2) is 0 Å². The Labute approximate surface area is 861 Å². The summed E-state index contributed by atoms with van der Waals surface area (Å²) in [5.74, 6) is 2.21. The quantitative estimate of drug-likeness (QED) is 0.114. The van der Waals surface area contributed by atoms with E-state index < -0.39 is 0 Å². The van der Waals surface area contributed by atoms with Crippen molar-refractivity contribution in [2.75, 3.05) is 0 Å². The topological polar surface area (TPSA) is 0 Å². The van der Waals surface area contributed by atoms with E-state index in [0.717, 1.165) is 6.42 Å². The molecule has 0 bridgehead atoms. The minimum Gasteiger partial charge on any atom is -0.0795 e. The average Bonchev–Trinajstić information content (AvgIpc) is 1.54. The fraction of sp³-hybridized carbons (Fsp3) is 0.0884. The Morgan fingerprint density at radius 2 is 0.456 bits per heavy atom. The number of benzene rings is 22. The maximum Gasteiger partial charge on any atom is 0.0352 e. The minimum absolute atomic E-state index is 0.193. The first-order valence-electron chi connectivity index (χ1n) is 52.8. The van der Waals surface area contributed by atoms with Gasteiger partial charge in [0.05, 0.1) is 0 Å². The van der Waals surface area contributed by atoms with Gasteiger partial charge in [0, 0.05) is 40.9 Å². The van der Waals surface area contributed by atoms with Crippen molar-refractivity contribution in [2.24, 2.45) is 5.92 Å². The lowest BCUT2D eigenvalue weighted by atomic mass is 9.69. The third-order valence-electron chi connectivity index (χ3n) is 34.4. The second kappa shape index (κ2) is 35.6. The molecule has 0 N–H and O–H groups in total. The number of hydrogen-bond donors (Lipinski definition) is 0. The predicted octanol–water partition coefficient (Wildman–Crippen LogP) is 38.0. The van der Waals surface area contributed by atoms with Crippen LogP contribution in [0.1, 0.15) is 173 Å². The molecule has 0 heterocycles. The molecule has 0 radical (unpaired) electrons. The van der Waals surface area contributed by atoms with Crippen molar-refractivity contribution in [1.82, 2.24) is 0 Å². The molecule has 1 saturated carbocycles. The van der Waals surface area contributed by atoms with Crippen LogP contribution in [0.25, 0.3) is 150 Å². The van der Waals surface area contributed by atoms with Crippen LogP contribution in [0.15, 0.2) is 533 Å². The number of fused-ring (bicyclic) bond motifs is 23. The lowest BCUT2D eigenvalue weighted by Crippen LogP contribution is -2.26. The molecule has 0 amide bonds. The highest BCUT2D eigenvalue weighted by atomic mass is 14.5. The van der Waals surface area contributed by atoms with E-state index in [9.17, 15) is 0 Å². The molecule has 1 unspecified atom stereocenters. The third kappa shape index (κ3) is 14.3. The molecule has 0 saturated heterocycles. The summed E-state index contributed by atoms with van der Waals surface area (Å²) in [5, 5.41) is 2.52. The van der Waals surface area contributed by atoms with Crippen LogP contribution < -0.4 is 0 Å². The van der Waals surface area contributed by atoms with E-state index in [1.165, 1.54) is 276 Å². The van der Waals surface area contributed by atoms with Gasteiger partial charge in [-0.25, -0.2) is 0 Å². The first-order chi connectivity index (χ1) is 72.9. The average molecular weight is 1870 g/mol. The van der Waals surface area contributed by atoms with Gasteiger partial charge in [0.1, 0.15) is 0 Å². The zero-order valence-electron chi connectivity index (χ0n) is 81.8. The van der Waals surface area contributed by atoms with Crippen molar-refractivity contribution in [2.45, 2.75) is 73.0 Å². The third-order valence-corrected chi connectivity index (χ3v) is 34.4. The Hall–Kier alpha value is -17.4. The van der Waals surface area contributed by atoms with E-state index in [-0.39, 0.29) is 29.1 Å². The summed E-state index contributed by atoms with van der Waals surface area (Å²) in [6.07, 6.45) is 11.5. The second-order valence-electron chi connectivity index (χ2n) is 41.8. The smallest absolute Gasteiger partial charge is 0.0352 e. The summed E-state index contributed by atoms with van der Waals surface area (Å²) in [4.78, 5) is 0. The molecule has 1 fully saturated rings. The Kier molecular flexibility index (Phi) is 20.9. The molecule has 0 aromatic heterocycles. The zero-order chi connectivity index (χ0) is 96.7. The van der Waals surface area contributed by atoms with Crippen molar-refractivity contribution in [3.05, 3.63) is 639 Å². The fourth-order valence-corrected chi connectivity index (χ4v) is 27.9. The normalized spacial score (nSPS) is 15.3. The summed E-state index contributed by atoms with van der Waals surface area (Å²) in [5.41, 5.74) is 61.7. The summed E-state index contributed by atoms with van der Waals surface area (Å²) in [6, 6.07) is 193. The summed E-state index contributed by atoms with van der Waals surface area (Å²) < 4.78 is 0. The molecule has 0 aliphatic heterocycles. The van der Waals surface area contributed by atoms with Crippen molar-refractivity contribution >= 4 is 16.3 Å². The van der Waals surface area contributed by atoms with Gasteiger partial charge in [-0.05, 0) is 305 Å². The van der Waals surface area contributed by atoms with Crippen LogP contribution in [0.3, 0.4) is 0 Å². The molecule has 9 aliphatic rings. The number of rotatable bonds is 12. The lowest BCUT2D eigenvalue weighted by Gasteiger charge is -2.35. The number of hydrogen-bond acceptors (Lipinski definition) is 0. The molecule has 22 aromatic carbocycles. The Balaban J connectivity index is 0.000000105. The highest BCUT2D eigenvalue weighted by Crippen LogP contribution is 2.64. The fourth-order valence-electron chi connectivity index (χ4n) is 27.9. The summed E-state index contributed by atoms with van der Waals surface area (Å²) >= 11 is 0. The first kappa shape index (κ1) is 86.3. The summed E-state index contributed by atoms with van der Waals surface area (Å²) in [7, 11) is 0. The maximum atomic E-state index is 2.64. The van der Waals surface area contributed by atoms with Gasteiger partial charge in [0.2, 0.25) is 0 Å². The molecule has 147 heavy (non-hydrogen) atoms. The van der Waals surface area contributed by atoms with Crippen LogP contribution in [0.4, 0.5) is 0 Å². The van der Waals surface area contributed by atoms with Crippen LogP contribution >= 0.6 is 0 Å². The van der Waals surface area contributed by atoms with Gasteiger partial charge in [0.25, 0.3) is 0 Å².